The summed E-state index contributed by atoms with van der Waals surface area (Å²) in [4.78, 5) is 14.7. The molecular formula is C23H35N5O2S. The summed E-state index contributed by atoms with van der Waals surface area (Å²) in [5.41, 5.74) is 2.30. The van der Waals surface area contributed by atoms with Crippen molar-refractivity contribution in [1.29, 1.82) is 0 Å². The van der Waals surface area contributed by atoms with E-state index in [1.807, 2.05) is 11.6 Å². The predicted molar refractivity (Wildman–Crippen MR) is 125 cm³/mol. The van der Waals surface area contributed by atoms with Gasteiger partial charge < -0.3 is 14.6 Å². The van der Waals surface area contributed by atoms with E-state index in [1.54, 1.807) is 0 Å². The highest BCUT2D eigenvalue weighted by Gasteiger charge is 2.25. The molecule has 170 valence electrons. The van der Waals surface area contributed by atoms with E-state index in [0.29, 0.717) is 19.8 Å². The molecule has 0 bridgehead atoms. The first kappa shape index (κ1) is 23.6. The first-order valence-electron chi connectivity index (χ1n) is 11.4. The minimum atomic E-state index is 0.0902. The molecule has 0 saturated carbocycles. The normalized spacial score (nSPS) is 15.3. The molecule has 1 aromatic heterocycles. The van der Waals surface area contributed by atoms with Crippen LogP contribution in [-0.4, -0.2) is 58.0 Å². The number of ether oxygens (including phenoxy) is 1. The van der Waals surface area contributed by atoms with Crippen molar-refractivity contribution < 1.29 is 9.53 Å². The maximum atomic E-state index is 12.4. The van der Waals surface area contributed by atoms with E-state index in [9.17, 15) is 4.79 Å². The van der Waals surface area contributed by atoms with Gasteiger partial charge in [0.15, 0.2) is 10.6 Å². The third-order valence-corrected chi connectivity index (χ3v) is 6.21. The molecule has 0 radical (unpaired) electrons. The van der Waals surface area contributed by atoms with Crippen molar-refractivity contribution in [3.63, 3.8) is 0 Å². The van der Waals surface area contributed by atoms with Crippen LogP contribution in [0.1, 0.15) is 38.7 Å². The number of nitrogens with zero attached hydrogens (tertiary/aromatic N) is 4. The molecule has 0 unspecified atom stereocenters. The number of likely N-dealkylation sites (tertiary alicyclic amines) is 1. The van der Waals surface area contributed by atoms with Gasteiger partial charge in [-0.15, -0.1) is 0 Å². The van der Waals surface area contributed by atoms with E-state index in [0.717, 1.165) is 61.7 Å². The van der Waals surface area contributed by atoms with Gasteiger partial charge in [-0.05, 0) is 58.3 Å². The Morgan fingerprint density at radius 3 is 2.74 bits per heavy atom. The van der Waals surface area contributed by atoms with Gasteiger partial charge in [0.05, 0.1) is 6.67 Å². The van der Waals surface area contributed by atoms with E-state index >= 15 is 0 Å². The molecule has 1 saturated heterocycles. The highest BCUT2D eigenvalue weighted by Crippen LogP contribution is 2.21. The fourth-order valence-corrected chi connectivity index (χ4v) is 4.33. The minimum Gasteiger partial charge on any atom is -0.382 e. The summed E-state index contributed by atoms with van der Waals surface area (Å²) in [6, 6.07) is 8.37. The van der Waals surface area contributed by atoms with Crippen molar-refractivity contribution >= 4 is 18.1 Å². The highest BCUT2D eigenvalue weighted by atomic mass is 32.1. The summed E-state index contributed by atoms with van der Waals surface area (Å²) in [6.45, 7) is 11.5. The topological polar surface area (TPSA) is 64.3 Å². The summed E-state index contributed by atoms with van der Waals surface area (Å²) in [5, 5.41) is 7.90. The number of benzene rings is 1. The predicted octanol–water partition coefficient (Wildman–Crippen LogP) is 3.62. The van der Waals surface area contributed by atoms with Gasteiger partial charge in [-0.2, -0.15) is 5.10 Å². The second kappa shape index (κ2) is 11.5. The lowest BCUT2D eigenvalue weighted by Gasteiger charge is -2.30. The molecule has 0 atom stereocenters. The van der Waals surface area contributed by atoms with Crippen molar-refractivity contribution in [1.82, 2.24) is 24.6 Å². The van der Waals surface area contributed by atoms with Crippen LogP contribution in [0.5, 0.6) is 0 Å². The molecule has 8 heteroatoms. The molecular weight excluding hydrogens is 410 g/mol. The van der Waals surface area contributed by atoms with Crippen molar-refractivity contribution in [2.45, 2.75) is 53.2 Å². The van der Waals surface area contributed by atoms with Gasteiger partial charge in [0.2, 0.25) is 5.91 Å². The third kappa shape index (κ3) is 6.24. The molecule has 3 rings (SSSR count). The van der Waals surface area contributed by atoms with Crippen LogP contribution < -0.4 is 5.32 Å². The number of aromatic nitrogens is 3. The van der Waals surface area contributed by atoms with Gasteiger partial charge in [-0.3, -0.25) is 9.69 Å². The van der Waals surface area contributed by atoms with Crippen molar-refractivity contribution in [3.05, 3.63) is 34.6 Å². The maximum Gasteiger partial charge on any atom is 0.223 e. The Bertz CT molecular complexity index is 915. The Morgan fingerprint density at radius 2 is 2.06 bits per heavy atom. The van der Waals surface area contributed by atoms with E-state index in [1.165, 1.54) is 5.56 Å². The van der Waals surface area contributed by atoms with E-state index in [2.05, 4.69) is 52.9 Å². The summed E-state index contributed by atoms with van der Waals surface area (Å²) in [5.74, 6) is 1.18. The molecule has 1 aliphatic rings. The zero-order chi connectivity index (χ0) is 22.2. The number of nitrogens with one attached hydrogen (secondary N) is 1. The number of carbonyl (C=O) groups is 1. The zero-order valence-corrected chi connectivity index (χ0v) is 19.8. The smallest absolute Gasteiger partial charge is 0.223 e. The second-order valence-corrected chi connectivity index (χ2v) is 8.46. The number of piperidine rings is 1. The Labute approximate surface area is 190 Å². The maximum absolute atomic E-state index is 12.4. The molecule has 7 nitrogen and oxygen atoms in total. The number of rotatable bonds is 10. The molecule has 0 aliphatic carbocycles. The second-order valence-electron chi connectivity index (χ2n) is 8.09. The lowest BCUT2D eigenvalue weighted by atomic mass is 9.96. The molecule has 0 spiro atoms. The van der Waals surface area contributed by atoms with Gasteiger partial charge in [-0.25, -0.2) is 4.68 Å². The minimum absolute atomic E-state index is 0.0902. The summed E-state index contributed by atoms with van der Waals surface area (Å²) < 4.78 is 10.1. The highest BCUT2D eigenvalue weighted by molar-refractivity contribution is 7.71. The van der Waals surface area contributed by atoms with E-state index in [-0.39, 0.29) is 11.8 Å². The fraction of sp³-hybridized carbons (Fsp3) is 0.609. The Kier molecular flexibility index (Phi) is 8.80. The number of aryl methyl sites for hydroxylation is 1. The summed E-state index contributed by atoms with van der Waals surface area (Å²) >= 11 is 5.72. The Hall–Kier alpha value is -2.03. The molecule has 1 N–H and O–H groups in total. The number of carbonyl (C=O) groups excluding carboxylic acids is 1. The standard InChI is InChI=1S/C23H35N5O2S/c1-4-27-21(20-9-6-8-18(3)16-20)25-28(23(27)31)17-26-13-10-19(11-14-26)22(29)24-12-7-15-30-5-2/h6,8-9,16,19H,4-5,7,10-15,17H2,1-3H3,(H,24,29). The molecule has 1 aromatic carbocycles. The van der Waals surface area contributed by atoms with Crippen LogP contribution in [0.3, 0.4) is 0 Å². The molecule has 1 fully saturated rings. The van der Waals surface area contributed by atoms with Crippen LogP contribution in [0.15, 0.2) is 24.3 Å². The summed E-state index contributed by atoms with van der Waals surface area (Å²) in [6.07, 6.45) is 2.59. The van der Waals surface area contributed by atoms with Crippen LogP contribution in [0.25, 0.3) is 11.4 Å². The molecule has 1 amide bonds. The molecule has 1 aliphatic heterocycles. The quantitative estimate of drug-likeness (QED) is 0.447. The molecule has 31 heavy (non-hydrogen) atoms. The van der Waals surface area contributed by atoms with Crippen molar-refractivity contribution in [2.24, 2.45) is 5.92 Å². The van der Waals surface area contributed by atoms with Crippen LogP contribution in [0.2, 0.25) is 0 Å². The van der Waals surface area contributed by atoms with Crippen molar-refractivity contribution in [3.8, 4) is 11.4 Å². The SMILES string of the molecule is CCOCCCNC(=O)C1CCN(Cn2nc(-c3cccc(C)c3)n(CC)c2=S)CC1. The monoisotopic (exact) mass is 445 g/mol. The lowest BCUT2D eigenvalue weighted by Crippen LogP contribution is -2.41. The number of hydrogen-bond acceptors (Lipinski definition) is 5. The number of amides is 1. The fourth-order valence-electron chi connectivity index (χ4n) is 4.02. The van der Waals surface area contributed by atoms with Gasteiger partial charge in [0.25, 0.3) is 0 Å². The lowest BCUT2D eigenvalue weighted by molar-refractivity contribution is -0.126. The molecule has 2 heterocycles. The van der Waals surface area contributed by atoms with Crippen LogP contribution in [0, 0.1) is 17.6 Å². The molecule has 2 aromatic rings. The Morgan fingerprint density at radius 1 is 1.29 bits per heavy atom. The Balaban J connectivity index is 1.56. The number of hydrogen-bond donors (Lipinski definition) is 1. The van der Waals surface area contributed by atoms with Gasteiger partial charge in [0, 0.05) is 50.9 Å². The van der Waals surface area contributed by atoms with E-state index < -0.39 is 0 Å². The van der Waals surface area contributed by atoms with Crippen LogP contribution in [0.4, 0.5) is 0 Å². The van der Waals surface area contributed by atoms with Gasteiger partial charge in [-0.1, -0.05) is 23.8 Å². The van der Waals surface area contributed by atoms with E-state index in [4.69, 9.17) is 22.1 Å². The average Bonchev–Trinajstić information content (AvgIpc) is 3.09. The third-order valence-electron chi connectivity index (χ3n) is 5.78. The average molecular weight is 446 g/mol. The first-order chi connectivity index (χ1) is 15.0. The largest absolute Gasteiger partial charge is 0.382 e. The van der Waals surface area contributed by atoms with Gasteiger partial charge in [0.1, 0.15) is 0 Å². The van der Waals surface area contributed by atoms with Crippen LogP contribution >= 0.6 is 12.2 Å². The van der Waals surface area contributed by atoms with Gasteiger partial charge >= 0.3 is 0 Å². The van der Waals surface area contributed by atoms with Crippen LogP contribution in [-0.2, 0) is 22.7 Å². The first-order valence-corrected chi connectivity index (χ1v) is 11.8. The summed E-state index contributed by atoms with van der Waals surface area (Å²) in [7, 11) is 0. The zero-order valence-electron chi connectivity index (χ0n) is 19.0. The van der Waals surface area contributed by atoms with Crippen molar-refractivity contribution in [2.75, 3.05) is 32.8 Å².